The van der Waals surface area contributed by atoms with E-state index >= 15 is 0 Å². The van der Waals surface area contributed by atoms with Gasteiger partial charge in [0.15, 0.2) is 6.61 Å². The molecule has 0 bridgehead atoms. The van der Waals surface area contributed by atoms with Crippen molar-refractivity contribution >= 4 is 39.3 Å². The Hall–Kier alpha value is -2.90. The van der Waals surface area contributed by atoms with Crippen molar-refractivity contribution in [3.63, 3.8) is 0 Å². The Morgan fingerprint density at radius 1 is 1.09 bits per heavy atom. The van der Waals surface area contributed by atoms with Gasteiger partial charge in [-0.2, -0.15) is 0 Å². The summed E-state index contributed by atoms with van der Waals surface area (Å²) in [7, 11) is 1.51. The SMILES string of the molecule is CNC(=O)[C@@H](Cc1ccccc1)N(Cc1ccccc1F)C(=O)COc1ccc(Cl)cc1Br. The summed E-state index contributed by atoms with van der Waals surface area (Å²) in [6.07, 6.45) is 0.269. The molecule has 5 nitrogen and oxygen atoms in total. The van der Waals surface area contributed by atoms with Crippen molar-refractivity contribution in [2.75, 3.05) is 13.7 Å². The standard InChI is InChI=1S/C25H23BrClFN2O3/c1-29-25(32)22(13-17-7-3-2-4-8-17)30(15-18-9-5-6-10-21(18)28)24(31)16-33-23-12-11-19(27)14-20(23)26/h2-12,14,22H,13,15-16H2,1H3,(H,29,32)/t22-/m1/s1. The largest absolute Gasteiger partial charge is 0.483 e. The van der Waals surface area contributed by atoms with Crippen LogP contribution < -0.4 is 10.1 Å². The van der Waals surface area contributed by atoms with E-state index in [1.807, 2.05) is 30.3 Å². The van der Waals surface area contributed by atoms with Crippen molar-refractivity contribution in [1.29, 1.82) is 0 Å². The highest BCUT2D eigenvalue weighted by molar-refractivity contribution is 9.10. The van der Waals surface area contributed by atoms with Gasteiger partial charge in [-0.15, -0.1) is 0 Å². The maximum Gasteiger partial charge on any atom is 0.261 e. The zero-order chi connectivity index (χ0) is 23.8. The van der Waals surface area contributed by atoms with Crippen LogP contribution in [0.4, 0.5) is 4.39 Å². The smallest absolute Gasteiger partial charge is 0.261 e. The molecule has 0 heterocycles. The van der Waals surface area contributed by atoms with Crippen molar-refractivity contribution in [2.45, 2.75) is 19.0 Å². The van der Waals surface area contributed by atoms with Crippen LogP contribution in [-0.4, -0.2) is 36.4 Å². The van der Waals surface area contributed by atoms with Gasteiger partial charge < -0.3 is 15.0 Å². The molecule has 0 aliphatic rings. The number of likely N-dealkylation sites (N-methyl/N-ethyl adjacent to an activating group) is 1. The topological polar surface area (TPSA) is 58.6 Å². The number of nitrogens with one attached hydrogen (secondary N) is 1. The molecule has 0 saturated heterocycles. The molecule has 1 atom stereocenters. The van der Waals surface area contributed by atoms with Crippen molar-refractivity contribution in [3.05, 3.63) is 99.2 Å². The van der Waals surface area contributed by atoms with Gasteiger partial charge in [0, 0.05) is 30.6 Å². The third kappa shape index (κ3) is 6.79. The number of benzene rings is 3. The average Bonchev–Trinajstić information content (AvgIpc) is 2.82. The fourth-order valence-corrected chi connectivity index (χ4v) is 4.14. The molecule has 1 N–H and O–H groups in total. The molecule has 172 valence electrons. The summed E-state index contributed by atoms with van der Waals surface area (Å²) >= 11 is 9.32. The second kappa shape index (κ2) is 11.8. The van der Waals surface area contributed by atoms with E-state index in [9.17, 15) is 14.0 Å². The lowest BCUT2D eigenvalue weighted by Crippen LogP contribution is -2.51. The number of hydrogen-bond acceptors (Lipinski definition) is 3. The Bertz CT molecular complexity index is 1110. The number of carbonyl (C=O) groups excluding carboxylic acids is 2. The second-order valence-corrected chi connectivity index (χ2v) is 8.59. The minimum Gasteiger partial charge on any atom is -0.483 e. The summed E-state index contributed by atoms with van der Waals surface area (Å²) in [5, 5.41) is 3.14. The normalized spacial score (nSPS) is 11.5. The summed E-state index contributed by atoms with van der Waals surface area (Å²) in [5.41, 5.74) is 1.18. The van der Waals surface area contributed by atoms with Gasteiger partial charge in [-0.05, 0) is 45.8 Å². The summed E-state index contributed by atoms with van der Waals surface area (Å²) in [6, 6.07) is 19.6. The van der Waals surface area contributed by atoms with E-state index in [1.165, 1.54) is 18.0 Å². The van der Waals surface area contributed by atoms with Crippen molar-refractivity contribution in [1.82, 2.24) is 10.2 Å². The molecule has 0 aliphatic heterocycles. The summed E-state index contributed by atoms with van der Waals surface area (Å²) < 4.78 is 20.7. The molecule has 3 aromatic rings. The zero-order valence-corrected chi connectivity index (χ0v) is 20.3. The first-order valence-corrected chi connectivity index (χ1v) is 11.4. The second-order valence-electron chi connectivity index (χ2n) is 7.30. The van der Waals surface area contributed by atoms with Crippen molar-refractivity contribution in [3.8, 4) is 5.75 Å². The maximum absolute atomic E-state index is 14.4. The summed E-state index contributed by atoms with van der Waals surface area (Å²) in [5.74, 6) is -0.828. The highest BCUT2D eigenvalue weighted by Crippen LogP contribution is 2.28. The first-order chi connectivity index (χ1) is 15.9. The van der Waals surface area contributed by atoms with Gasteiger partial charge in [0.05, 0.1) is 4.47 Å². The molecule has 0 aliphatic carbocycles. The van der Waals surface area contributed by atoms with Crippen molar-refractivity contribution < 1.29 is 18.7 Å². The quantitative estimate of drug-likeness (QED) is 0.421. The Balaban J connectivity index is 1.89. The molecule has 0 saturated carbocycles. The summed E-state index contributed by atoms with van der Waals surface area (Å²) in [6.45, 7) is -0.418. The minimum absolute atomic E-state index is 0.0818. The molecule has 3 aromatic carbocycles. The van der Waals surface area contributed by atoms with Gasteiger partial charge in [0.25, 0.3) is 5.91 Å². The molecule has 2 amide bonds. The Morgan fingerprint density at radius 2 is 1.79 bits per heavy atom. The highest BCUT2D eigenvalue weighted by Gasteiger charge is 2.30. The van der Waals surface area contributed by atoms with Gasteiger partial charge in [-0.1, -0.05) is 60.1 Å². The van der Waals surface area contributed by atoms with Crippen LogP contribution in [0.1, 0.15) is 11.1 Å². The Morgan fingerprint density at radius 3 is 2.45 bits per heavy atom. The summed E-state index contributed by atoms with van der Waals surface area (Å²) in [4.78, 5) is 27.5. The number of hydrogen-bond donors (Lipinski definition) is 1. The Labute approximate surface area is 205 Å². The fraction of sp³-hybridized carbons (Fsp3) is 0.200. The molecule has 8 heteroatoms. The predicted molar refractivity (Wildman–Crippen MR) is 130 cm³/mol. The van der Waals surface area contributed by atoms with Gasteiger partial charge >= 0.3 is 0 Å². The van der Waals surface area contributed by atoms with E-state index in [4.69, 9.17) is 16.3 Å². The third-order valence-electron chi connectivity index (χ3n) is 5.06. The third-order valence-corrected chi connectivity index (χ3v) is 5.92. The van der Waals surface area contributed by atoms with Crippen molar-refractivity contribution in [2.24, 2.45) is 0 Å². The van der Waals surface area contributed by atoms with Crippen LogP contribution in [0.25, 0.3) is 0 Å². The monoisotopic (exact) mass is 532 g/mol. The molecule has 33 heavy (non-hydrogen) atoms. The molecular weight excluding hydrogens is 511 g/mol. The molecule has 0 fully saturated rings. The van der Waals surface area contributed by atoms with Gasteiger partial charge in [-0.25, -0.2) is 4.39 Å². The Kier molecular flexibility index (Phi) is 8.86. The van der Waals surface area contributed by atoms with E-state index in [2.05, 4.69) is 21.2 Å². The van der Waals surface area contributed by atoms with Crippen LogP contribution in [0.2, 0.25) is 5.02 Å². The number of rotatable bonds is 9. The zero-order valence-electron chi connectivity index (χ0n) is 17.9. The molecular formula is C25H23BrClFN2O3. The molecule has 0 aromatic heterocycles. The van der Waals surface area contributed by atoms with E-state index in [0.29, 0.717) is 20.8 Å². The van der Waals surface area contributed by atoms with Crippen LogP contribution >= 0.6 is 27.5 Å². The number of halogens is 3. The molecule has 0 spiro atoms. The van der Waals surface area contributed by atoms with Gasteiger partial charge in [-0.3, -0.25) is 9.59 Å². The number of ether oxygens (including phenoxy) is 1. The number of amides is 2. The maximum atomic E-state index is 14.4. The van der Waals surface area contributed by atoms with E-state index < -0.39 is 17.8 Å². The number of nitrogens with zero attached hydrogens (tertiary/aromatic N) is 1. The van der Waals surface area contributed by atoms with Crippen LogP contribution in [0, 0.1) is 5.82 Å². The lowest BCUT2D eigenvalue weighted by Gasteiger charge is -2.31. The van der Waals surface area contributed by atoms with Gasteiger partial charge in [0.1, 0.15) is 17.6 Å². The highest BCUT2D eigenvalue weighted by atomic mass is 79.9. The molecule has 0 radical (unpaired) electrons. The number of carbonyl (C=O) groups is 2. The average molecular weight is 534 g/mol. The van der Waals surface area contributed by atoms with E-state index in [0.717, 1.165) is 5.56 Å². The predicted octanol–water partition coefficient (Wildman–Crippen LogP) is 5.01. The van der Waals surface area contributed by atoms with Gasteiger partial charge in [0.2, 0.25) is 5.91 Å². The van der Waals surface area contributed by atoms with Crippen LogP contribution in [-0.2, 0) is 22.6 Å². The first-order valence-electron chi connectivity index (χ1n) is 10.2. The van der Waals surface area contributed by atoms with Crippen LogP contribution in [0.3, 0.4) is 0 Å². The lowest BCUT2D eigenvalue weighted by atomic mass is 10.0. The van der Waals surface area contributed by atoms with E-state index in [-0.39, 0.29) is 25.5 Å². The molecule has 0 unspecified atom stereocenters. The molecule has 3 rings (SSSR count). The first kappa shape index (κ1) is 24.7. The van der Waals surface area contributed by atoms with Crippen LogP contribution in [0.5, 0.6) is 5.75 Å². The fourth-order valence-electron chi connectivity index (χ4n) is 3.35. The lowest BCUT2D eigenvalue weighted by molar-refractivity contribution is -0.142. The van der Waals surface area contributed by atoms with E-state index in [1.54, 1.807) is 36.4 Å². The minimum atomic E-state index is -0.859. The van der Waals surface area contributed by atoms with Crippen LogP contribution in [0.15, 0.2) is 77.3 Å².